The lowest BCUT2D eigenvalue weighted by Crippen LogP contribution is -2.42. The molecule has 1 aromatic carbocycles. The Hall–Kier alpha value is -2.24. The lowest BCUT2D eigenvalue weighted by molar-refractivity contribution is -0.154. The number of carbonyl (C=O) groups is 2. The van der Waals surface area contributed by atoms with Crippen LogP contribution in [0.3, 0.4) is 0 Å². The first-order valence-corrected chi connectivity index (χ1v) is 8.74. The van der Waals surface area contributed by atoms with Gasteiger partial charge < -0.3 is 19.5 Å². The van der Waals surface area contributed by atoms with E-state index in [0.717, 1.165) is 25.7 Å². The van der Waals surface area contributed by atoms with Crippen molar-refractivity contribution in [3.05, 3.63) is 23.8 Å². The van der Waals surface area contributed by atoms with Crippen molar-refractivity contribution in [2.24, 2.45) is 0 Å². The number of esters is 1. The quantitative estimate of drug-likeness (QED) is 0.766. The highest BCUT2D eigenvalue weighted by atomic mass is 16.5. The number of nitrogens with one attached hydrogen (secondary N) is 1. The molecule has 1 saturated carbocycles. The number of rotatable bonds is 7. The lowest BCUT2D eigenvalue weighted by atomic mass is 9.95. The van der Waals surface area contributed by atoms with Crippen molar-refractivity contribution in [2.75, 3.05) is 14.2 Å². The van der Waals surface area contributed by atoms with Gasteiger partial charge in [-0.2, -0.15) is 0 Å². The summed E-state index contributed by atoms with van der Waals surface area (Å²) in [7, 11) is 3.10. The maximum absolute atomic E-state index is 12.2. The van der Waals surface area contributed by atoms with Gasteiger partial charge in [-0.1, -0.05) is 25.3 Å². The minimum absolute atomic E-state index is 0.0359. The van der Waals surface area contributed by atoms with E-state index in [0.29, 0.717) is 17.1 Å². The number of ether oxygens (including phenoxy) is 3. The molecular weight excluding hydrogens is 322 g/mol. The fraction of sp³-hybridized carbons (Fsp3) is 0.579. The predicted octanol–water partition coefficient (Wildman–Crippen LogP) is 2.63. The van der Waals surface area contributed by atoms with Gasteiger partial charge >= 0.3 is 5.97 Å². The van der Waals surface area contributed by atoms with E-state index in [1.807, 2.05) is 0 Å². The van der Waals surface area contributed by atoms with Gasteiger partial charge in [0.15, 0.2) is 6.10 Å². The van der Waals surface area contributed by atoms with E-state index < -0.39 is 12.1 Å². The van der Waals surface area contributed by atoms with Gasteiger partial charge in [0.2, 0.25) is 0 Å². The van der Waals surface area contributed by atoms with Crippen LogP contribution in [0.1, 0.15) is 44.6 Å². The Morgan fingerprint density at radius 2 is 1.88 bits per heavy atom. The molecule has 1 unspecified atom stereocenters. The minimum Gasteiger partial charge on any atom is -0.497 e. The van der Waals surface area contributed by atoms with Crippen molar-refractivity contribution in [1.29, 1.82) is 0 Å². The monoisotopic (exact) mass is 349 g/mol. The largest absolute Gasteiger partial charge is 0.497 e. The molecular formula is C19H27NO5. The van der Waals surface area contributed by atoms with E-state index in [9.17, 15) is 9.59 Å². The standard InChI is InChI=1S/C19H27NO5/c1-13(19(22)20-15-7-5-4-6-8-15)25-18(21)11-14-9-10-16(23-2)12-17(14)24-3/h9-10,12-13,15H,4-8,11H2,1-3H3,(H,20,22). The molecule has 1 amide bonds. The number of carbonyl (C=O) groups excluding carboxylic acids is 2. The Labute approximate surface area is 148 Å². The van der Waals surface area contributed by atoms with Gasteiger partial charge in [-0.15, -0.1) is 0 Å². The first-order valence-electron chi connectivity index (χ1n) is 8.74. The number of methoxy groups -OCH3 is 2. The first kappa shape index (κ1) is 19.1. The molecule has 1 aromatic rings. The Bertz CT molecular complexity index is 595. The molecule has 1 atom stereocenters. The smallest absolute Gasteiger partial charge is 0.311 e. The van der Waals surface area contributed by atoms with Crippen LogP contribution in [0.5, 0.6) is 11.5 Å². The summed E-state index contributed by atoms with van der Waals surface area (Å²) in [5.41, 5.74) is 0.688. The zero-order valence-electron chi connectivity index (χ0n) is 15.2. The lowest BCUT2D eigenvalue weighted by Gasteiger charge is -2.24. The fourth-order valence-corrected chi connectivity index (χ4v) is 3.01. The van der Waals surface area contributed by atoms with Crippen LogP contribution < -0.4 is 14.8 Å². The van der Waals surface area contributed by atoms with Crippen LogP contribution in [0.25, 0.3) is 0 Å². The molecule has 6 nitrogen and oxygen atoms in total. The summed E-state index contributed by atoms with van der Waals surface area (Å²) >= 11 is 0. The maximum atomic E-state index is 12.2. The first-order chi connectivity index (χ1) is 12.0. The predicted molar refractivity (Wildman–Crippen MR) is 93.8 cm³/mol. The van der Waals surface area contributed by atoms with Crippen LogP contribution in [-0.4, -0.2) is 38.2 Å². The van der Waals surface area contributed by atoms with E-state index >= 15 is 0 Å². The number of hydrogen-bond donors (Lipinski definition) is 1. The van der Waals surface area contributed by atoms with E-state index in [1.165, 1.54) is 13.5 Å². The SMILES string of the molecule is COc1ccc(CC(=O)OC(C)C(=O)NC2CCCCC2)c(OC)c1. The second-order valence-electron chi connectivity index (χ2n) is 6.33. The third-order valence-electron chi connectivity index (χ3n) is 4.46. The van der Waals surface area contributed by atoms with E-state index in [2.05, 4.69) is 5.32 Å². The van der Waals surface area contributed by atoms with Crippen molar-refractivity contribution >= 4 is 11.9 Å². The van der Waals surface area contributed by atoms with Gasteiger partial charge in [-0.3, -0.25) is 9.59 Å². The highest BCUT2D eigenvalue weighted by Crippen LogP contribution is 2.25. The number of hydrogen-bond acceptors (Lipinski definition) is 5. The van der Waals surface area contributed by atoms with Crippen LogP contribution in [0.15, 0.2) is 18.2 Å². The van der Waals surface area contributed by atoms with Gasteiger partial charge in [0.25, 0.3) is 5.91 Å². The molecule has 1 N–H and O–H groups in total. The molecule has 1 aliphatic rings. The Balaban J connectivity index is 1.87. The van der Waals surface area contributed by atoms with Crippen LogP contribution in [0, 0.1) is 0 Å². The van der Waals surface area contributed by atoms with Crippen LogP contribution >= 0.6 is 0 Å². The summed E-state index contributed by atoms with van der Waals surface area (Å²) in [6.07, 6.45) is 4.71. The third-order valence-corrected chi connectivity index (χ3v) is 4.46. The van der Waals surface area contributed by atoms with Gasteiger partial charge in [0, 0.05) is 17.7 Å². The third kappa shape index (κ3) is 5.66. The summed E-state index contributed by atoms with van der Waals surface area (Å²) < 4.78 is 15.7. The van der Waals surface area contributed by atoms with Crippen molar-refractivity contribution in [1.82, 2.24) is 5.32 Å². The zero-order valence-corrected chi connectivity index (χ0v) is 15.2. The average Bonchev–Trinajstić information content (AvgIpc) is 2.62. The Kier molecular flexibility index (Phi) is 7.10. The topological polar surface area (TPSA) is 73.9 Å². The van der Waals surface area contributed by atoms with Crippen molar-refractivity contribution in [3.8, 4) is 11.5 Å². The number of benzene rings is 1. The average molecular weight is 349 g/mol. The molecule has 0 saturated heterocycles. The molecule has 0 heterocycles. The van der Waals surface area contributed by atoms with Gasteiger partial charge in [0.05, 0.1) is 20.6 Å². The molecule has 1 aliphatic carbocycles. The summed E-state index contributed by atoms with van der Waals surface area (Å²) in [6.45, 7) is 1.60. The molecule has 0 radical (unpaired) electrons. The fourth-order valence-electron chi connectivity index (χ4n) is 3.01. The van der Waals surface area contributed by atoms with Crippen LogP contribution in [-0.2, 0) is 20.7 Å². The highest BCUT2D eigenvalue weighted by molar-refractivity contribution is 5.84. The van der Waals surface area contributed by atoms with Crippen LogP contribution in [0.2, 0.25) is 0 Å². The summed E-state index contributed by atoms with van der Waals surface area (Å²) in [6, 6.07) is 5.42. The van der Waals surface area contributed by atoms with Gasteiger partial charge in [0.1, 0.15) is 11.5 Å². The van der Waals surface area contributed by atoms with Crippen molar-refractivity contribution in [3.63, 3.8) is 0 Å². The molecule has 6 heteroatoms. The normalized spacial score (nSPS) is 16.0. The van der Waals surface area contributed by atoms with Crippen molar-refractivity contribution in [2.45, 2.75) is 57.6 Å². The van der Waals surface area contributed by atoms with E-state index in [-0.39, 0.29) is 18.4 Å². The molecule has 0 aromatic heterocycles. The van der Waals surface area contributed by atoms with Gasteiger partial charge in [-0.05, 0) is 25.8 Å². The molecule has 25 heavy (non-hydrogen) atoms. The Morgan fingerprint density at radius 1 is 1.16 bits per heavy atom. The van der Waals surface area contributed by atoms with E-state index in [4.69, 9.17) is 14.2 Å². The Morgan fingerprint density at radius 3 is 2.52 bits per heavy atom. The minimum atomic E-state index is -0.807. The zero-order chi connectivity index (χ0) is 18.2. The molecule has 0 aliphatic heterocycles. The van der Waals surface area contributed by atoms with Gasteiger partial charge in [-0.25, -0.2) is 0 Å². The summed E-state index contributed by atoms with van der Waals surface area (Å²) in [4.78, 5) is 24.3. The van der Waals surface area contributed by atoms with E-state index in [1.54, 1.807) is 32.2 Å². The summed E-state index contributed by atoms with van der Waals surface area (Å²) in [5, 5.41) is 2.97. The molecule has 138 valence electrons. The highest BCUT2D eigenvalue weighted by Gasteiger charge is 2.22. The second kappa shape index (κ2) is 9.30. The molecule has 2 rings (SSSR count). The summed E-state index contributed by atoms with van der Waals surface area (Å²) in [5.74, 6) is 0.501. The van der Waals surface area contributed by atoms with Crippen molar-refractivity contribution < 1.29 is 23.8 Å². The second-order valence-corrected chi connectivity index (χ2v) is 6.33. The molecule has 1 fully saturated rings. The van der Waals surface area contributed by atoms with Crippen LogP contribution in [0.4, 0.5) is 0 Å². The number of amides is 1. The molecule has 0 bridgehead atoms. The molecule has 0 spiro atoms. The maximum Gasteiger partial charge on any atom is 0.311 e.